The molecule has 0 saturated carbocycles. The van der Waals surface area contributed by atoms with Crippen LogP contribution in [0.15, 0.2) is 36.0 Å². The monoisotopic (exact) mass is 304 g/mol. The zero-order valence-electron chi connectivity index (χ0n) is 12.9. The molecule has 5 nitrogen and oxygen atoms in total. The number of esters is 2. The van der Waals surface area contributed by atoms with E-state index in [0.29, 0.717) is 18.4 Å². The summed E-state index contributed by atoms with van der Waals surface area (Å²) in [7, 11) is 0. The molecule has 0 spiro atoms. The Hall–Kier alpha value is -2.17. The molecule has 0 unspecified atom stereocenters. The minimum Gasteiger partial charge on any atom is -0.461 e. The molecule has 118 valence electrons. The molecule has 2 rings (SSSR count). The van der Waals surface area contributed by atoms with E-state index in [1.54, 1.807) is 0 Å². The number of fused-ring (bicyclic) bond motifs is 1. The molecule has 1 saturated heterocycles. The summed E-state index contributed by atoms with van der Waals surface area (Å²) < 4.78 is 10.7. The summed E-state index contributed by atoms with van der Waals surface area (Å²) in [5.74, 6) is -1.52. The van der Waals surface area contributed by atoms with E-state index in [0.717, 1.165) is 5.57 Å². The summed E-state index contributed by atoms with van der Waals surface area (Å²) in [5.41, 5.74) is 1.61. The molecule has 3 atom stereocenters. The fourth-order valence-corrected chi connectivity index (χ4v) is 2.84. The predicted molar refractivity (Wildman–Crippen MR) is 79.8 cm³/mol. The molecule has 22 heavy (non-hydrogen) atoms. The van der Waals surface area contributed by atoms with E-state index < -0.39 is 30.1 Å². The number of carbonyl (C=O) groups is 3. The van der Waals surface area contributed by atoms with Crippen molar-refractivity contribution in [3.8, 4) is 0 Å². The number of ether oxygens (including phenoxy) is 2. The van der Waals surface area contributed by atoms with Gasteiger partial charge in [0.2, 0.25) is 0 Å². The van der Waals surface area contributed by atoms with Crippen LogP contribution in [0.5, 0.6) is 0 Å². The van der Waals surface area contributed by atoms with Gasteiger partial charge < -0.3 is 9.47 Å². The van der Waals surface area contributed by atoms with Crippen molar-refractivity contribution < 1.29 is 23.9 Å². The van der Waals surface area contributed by atoms with Gasteiger partial charge >= 0.3 is 11.9 Å². The molecular weight excluding hydrogens is 284 g/mol. The largest absolute Gasteiger partial charge is 0.461 e. The molecule has 5 heteroatoms. The number of rotatable bonds is 1. The average Bonchev–Trinajstić information content (AvgIpc) is 2.69. The quantitative estimate of drug-likeness (QED) is 0.422. The van der Waals surface area contributed by atoms with Crippen LogP contribution in [-0.4, -0.2) is 29.9 Å². The zero-order chi connectivity index (χ0) is 16.4. The van der Waals surface area contributed by atoms with Crippen LogP contribution in [0.1, 0.15) is 33.1 Å². The van der Waals surface area contributed by atoms with Gasteiger partial charge in [0.25, 0.3) is 0 Å². The van der Waals surface area contributed by atoms with Crippen LogP contribution in [-0.2, 0) is 23.9 Å². The molecule has 0 amide bonds. The molecule has 1 heterocycles. The number of Topliss-reactive ketones (excluding diaryl/α,β-unsaturated/α-hetero) is 1. The Bertz CT molecular complexity index is 584. The third-order valence-corrected chi connectivity index (χ3v) is 4.02. The normalized spacial score (nSPS) is 31.9. The summed E-state index contributed by atoms with van der Waals surface area (Å²) in [4.78, 5) is 35.3. The van der Waals surface area contributed by atoms with E-state index in [1.165, 1.54) is 6.92 Å². The van der Waals surface area contributed by atoms with Crippen molar-refractivity contribution in [2.75, 3.05) is 0 Å². The van der Waals surface area contributed by atoms with Crippen molar-refractivity contribution in [3.63, 3.8) is 0 Å². The van der Waals surface area contributed by atoms with Gasteiger partial charge in [-0.2, -0.15) is 0 Å². The van der Waals surface area contributed by atoms with E-state index in [2.05, 4.69) is 13.2 Å². The third-order valence-electron chi connectivity index (χ3n) is 4.02. The Morgan fingerprint density at radius 3 is 2.64 bits per heavy atom. The van der Waals surface area contributed by atoms with Crippen LogP contribution in [0.25, 0.3) is 0 Å². The van der Waals surface area contributed by atoms with Gasteiger partial charge in [-0.15, -0.1) is 0 Å². The first-order valence-electron chi connectivity index (χ1n) is 7.25. The smallest absolute Gasteiger partial charge is 0.334 e. The Morgan fingerprint density at radius 1 is 1.32 bits per heavy atom. The van der Waals surface area contributed by atoms with Crippen LogP contribution in [0.3, 0.4) is 0 Å². The summed E-state index contributed by atoms with van der Waals surface area (Å²) in [5, 5.41) is 0. The van der Waals surface area contributed by atoms with Gasteiger partial charge in [0, 0.05) is 25.3 Å². The fourth-order valence-electron chi connectivity index (χ4n) is 2.84. The molecular formula is C17H20O5. The lowest BCUT2D eigenvalue weighted by Crippen LogP contribution is -2.33. The summed E-state index contributed by atoms with van der Waals surface area (Å²) >= 11 is 0. The van der Waals surface area contributed by atoms with Crippen molar-refractivity contribution in [2.45, 2.75) is 45.3 Å². The van der Waals surface area contributed by atoms with E-state index in [-0.39, 0.29) is 17.8 Å². The minimum absolute atomic E-state index is 0.0563. The lowest BCUT2D eigenvalue weighted by Gasteiger charge is -2.27. The first-order valence-corrected chi connectivity index (χ1v) is 7.25. The maximum atomic E-state index is 12.1. The van der Waals surface area contributed by atoms with Crippen LogP contribution in [0.4, 0.5) is 0 Å². The second kappa shape index (κ2) is 6.30. The molecule has 0 bridgehead atoms. The third kappa shape index (κ3) is 3.35. The molecule has 0 aromatic heterocycles. The number of allylic oxidation sites excluding steroid dienone is 1. The number of hydrogen-bond acceptors (Lipinski definition) is 5. The van der Waals surface area contributed by atoms with E-state index in [9.17, 15) is 14.4 Å². The molecule has 0 aromatic rings. The van der Waals surface area contributed by atoms with Gasteiger partial charge in [0.15, 0.2) is 5.78 Å². The van der Waals surface area contributed by atoms with Crippen molar-refractivity contribution in [1.82, 2.24) is 0 Å². The number of hydrogen-bond donors (Lipinski definition) is 0. The van der Waals surface area contributed by atoms with Gasteiger partial charge in [-0.3, -0.25) is 9.59 Å². The second-order valence-corrected chi connectivity index (χ2v) is 5.81. The van der Waals surface area contributed by atoms with Crippen LogP contribution >= 0.6 is 0 Å². The lowest BCUT2D eigenvalue weighted by molar-refractivity contribution is -0.149. The standard InChI is InChI=1S/C17H20O5/c1-9-5-6-13(19)10(2)8-15(21-12(4)18)16-11(3)17(20)22-14(16)7-9/h7,14-16H,2-3,5-6,8H2,1,4H3/b9-7+/t14-,15-,16+/m0/s1. The zero-order valence-corrected chi connectivity index (χ0v) is 12.9. The fraction of sp³-hybridized carbons (Fsp3) is 0.471. The topological polar surface area (TPSA) is 69.7 Å². The maximum Gasteiger partial charge on any atom is 0.334 e. The van der Waals surface area contributed by atoms with E-state index >= 15 is 0 Å². The maximum absolute atomic E-state index is 12.1. The van der Waals surface area contributed by atoms with Crippen LogP contribution in [0, 0.1) is 5.92 Å². The molecule has 1 aliphatic carbocycles. The highest BCUT2D eigenvalue weighted by molar-refractivity contribution is 5.95. The van der Waals surface area contributed by atoms with Crippen molar-refractivity contribution >= 4 is 17.7 Å². The van der Waals surface area contributed by atoms with Gasteiger partial charge in [-0.25, -0.2) is 4.79 Å². The highest BCUT2D eigenvalue weighted by atomic mass is 16.6. The highest BCUT2D eigenvalue weighted by Crippen LogP contribution is 2.36. The predicted octanol–water partition coefficient (Wildman–Crippen LogP) is 2.27. The average molecular weight is 304 g/mol. The van der Waals surface area contributed by atoms with Crippen molar-refractivity contribution in [2.24, 2.45) is 5.92 Å². The van der Waals surface area contributed by atoms with E-state index in [4.69, 9.17) is 9.47 Å². The van der Waals surface area contributed by atoms with E-state index in [1.807, 2.05) is 13.0 Å². The summed E-state index contributed by atoms with van der Waals surface area (Å²) in [6.45, 7) is 10.7. The molecule has 2 aliphatic rings. The summed E-state index contributed by atoms with van der Waals surface area (Å²) in [6, 6.07) is 0. The van der Waals surface area contributed by atoms with Gasteiger partial charge in [-0.1, -0.05) is 18.7 Å². The molecule has 1 fully saturated rings. The highest BCUT2D eigenvalue weighted by Gasteiger charge is 2.44. The number of ketones is 1. The minimum atomic E-state index is -0.681. The first-order chi connectivity index (χ1) is 10.3. The molecule has 0 aromatic carbocycles. The van der Waals surface area contributed by atoms with Crippen molar-refractivity contribution in [3.05, 3.63) is 36.0 Å². The second-order valence-electron chi connectivity index (χ2n) is 5.81. The van der Waals surface area contributed by atoms with Gasteiger partial charge in [-0.05, 0) is 25.0 Å². The SMILES string of the molecule is C=C1C[C@H](OC(C)=O)[C@@H]2C(=C)C(=O)O[C@H]2/C=C(\C)CCC1=O. The molecule has 1 aliphatic heterocycles. The van der Waals surface area contributed by atoms with Gasteiger partial charge in [0.1, 0.15) is 12.2 Å². The Labute approximate surface area is 129 Å². The first kappa shape index (κ1) is 16.2. The Morgan fingerprint density at radius 2 is 2.00 bits per heavy atom. The van der Waals surface area contributed by atoms with Crippen LogP contribution < -0.4 is 0 Å². The lowest BCUT2D eigenvalue weighted by atomic mass is 9.84. The summed E-state index contributed by atoms with van der Waals surface area (Å²) in [6.07, 6.45) is 1.73. The Kier molecular flexibility index (Phi) is 4.64. The molecule has 0 N–H and O–H groups in total. The Balaban J connectivity index is 2.42. The molecule has 0 radical (unpaired) electrons. The van der Waals surface area contributed by atoms with Gasteiger partial charge in [0.05, 0.1) is 5.92 Å². The van der Waals surface area contributed by atoms with Crippen LogP contribution in [0.2, 0.25) is 0 Å². The number of carbonyl (C=O) groups excluding carboxylic acids is 3. The van der Waals surface area contributed by atoms with Crippen molar-refractivity contribution in [1.29, 1.82) is 0 Å².